The molecule has 0 radical (unpaired) electrons. The van der Waals surface area contributed by atoms with Gasteiger partial charge in [0.2, 0.25) is 0 Å². The highest BCUT2D eigenvalue weighted by Crippen LogP contribution is 2.28. The molecule has 0 bridgehead atoms. The minimum absolute atomic E-state index is 0.153. The van der Waals surface area contributed by atoms with E-state index in [0.29, 0.717) is 6.42 Å². The Morgan fingerprint density at radius 1 is 1.13 bits per heavy atom. The predicted molar refractivity (Wildman–Crippen MR) is 89.4 cm³/mol. The highest BCUT2D eigenvalue weighted by molar-refractivity contribution is 5.66. The number of hydrogen-bond acceptors (Lipinski definition) is 4. The van der Waals surface area contributed by atoms with Crippen molar-refractivity contribution in [2.24, 2.45) is 0 Å². The summed E-state index contributed by atoms with van der Waals surface area (Å²) in [6, 6.07) is 0. The number of carboxylic acids is 1. The largest absolute Gasteiger partial charge is 0.481 e. The summed E-state index contributed by atoms with van der Waals surface area (Å²) in [5.74, 6) is -0.726. The average molecular weight is 330 g/mol. The third kappa shape index (κ3) is 8.68. The van der Waals surface area contributed by atoms with Gasteiger partial charge in [-0.3, -0.25) is 4.79 Å². The smallest absolute Gasteiger partial charge is 0.303 e. The molecule has 0 aromatic rings. The molecule has 4 atom stereocenters. The first-order chi connectivity index (χ1) is 11.0. The van der Waals surface area contributed by atoms with Crippen molar-refractivity contribution in [1.29, 1.82) is 0 Å². The molecule has 1 rings (SSSR count). The Morgan fingerprint density at radius 3 is 2.52 bits per heavy atom. The summed E-state index contributed by atoms with van der Waals surface area (Å²) in [4.78, 5) is 10.4. The van der Waals surface area contributed by atoms with Crippen LogP contribution in [0.1, 0.15) is 84.0 Å². The molecule has 1 heterocycles. The Hall–Kier alpha value is -0.650. The van der Waals surface area contributed by atoms with Gasteiger partial charge in [0.25, 0.3) is 0 Å². The fourth-order valence-electron chi connectivity index (χ4n) is 3.21. The fourth-order valence-corrected chi connectivity index (χ4v) is 3.21. The maximum absolute atomic E-state index is 10.4. The highest BCUT2D eigenvalue weighted by Gasteiger charge is 2.36. The predicted octanol–water partition coefficient (Wildman–Crippen LogP) is 3.26. The molecule has 1 aliphatic rings. The minimum atomic E-state index is -0.726. The Bertz CT molecular complexity index is 321. The van der Waals surface area contributed by atoms with Gasteiger partial charge >= 0.3 is 5.97 Å². The third-order valence-electron chi connectivity index (χ3n) is 4.66. The van der Waals surface area contributed by atoms with Gasteiger partial charge in [0, 0.05) is 12.8 Å². The maximum Gasteiger partial charge on any atom is 0.303 e. The van der Waals surface area contributed by atoms with Crippen LogP contribution in [0.5, 0.6) is 0 Å². The molecule has 0 unspecified atom stereocenters. The number of rotatable bonds is 13. The van der Waals surface area contributed by atoms with Crippen LogP contribution in [0, 0.1) is 0 Å². The average Bonchev–Trinajstić information content (AvgIpc) is 2.87. The Kier molecular flexibility index (Phi) is 10.5. The van der Waals surface area contributed by atoms with Gasteiger partial charge in [-0.2, -0.15) is 0 Å². The lowest BCUT2D eigenvalue weighted by atomic mass is 10.0. The van der Waals surface area contributed by atoms with E-state index in [1.54, 1.807) is 0 Å². The zero-order valence-electron chi connectivity index (χ0n) is 14.5. The molecule has 23 heavy (non-hydrogen) atoms. The fraction of sp³-hybridized carbons (Fsp3) is 0.944. The standard InChI is InChI=1S/C18H34O5/c1-2-3-7-10-14(19)17-13-15(20)16(23-17)11-8-5-4-6-9-12-18(21)22/h14-17,19-20H,2-13H2,1H3,(H,21,22)/t14-,15+,16+,17-/m1/s1. The van der Waals surface area contributed by atoms with Crippen molar-refractivity contribution >= 4 is 5.97 Å². The monoisotopic (exact) mass is 330 g/mol. The summed E-state index contributed by atoms with van der Waals surface area (Å²) < 4.78 is 5.85. The first-order valence-electron chi connectivity index (χ1n) is 9.28. The van der Waals surface area contributed by atoms with Gasteiger partial charge in [-0.05, 0) is 19.3 Å². The van der Waals surface area contributed by atoms with Crippen LogP contribution in [0.15, 0.2) is 0 Å². The SMILES string of the molecule is CCCCC[C@@H](O)[C@H]1C[C@H](O)[C@H](CCCCCCCC(=O)O)O1. The van der Waals surface area contributed by atoms with E-state index in [9.17, 15) is 15.0 Å². The van der Waals surface area contributed by atoms with Gasteiger partial charge < -0.3 is 20.1 Å². The number of ether oxygens (including phenoxy) is 1. The van der Waals surface area contributed by atoms with E-state index in [2.05, 4.69) is 6.92 Å². The number of carbonyl (C=O) groups is 1. The second-order valence-electron chi connectivity index (χ2n) is 6.78. The van der Waals surface area contributed by atoms with Crippen LogP contribution in [-0.2, 0) is 9.53 Å². The molecular weight excluding hydrogens is 296 g/mol. The Labute approximate surface area is 140 Å². The first-order valence-corrected chi connectivity index (χ1v) is 9.28. The van der Waals surface area contributed by atoms with Crippen molar-refractivity contribution < 1.29 is 24.9 Å². The van der Waals surface area contributed by atoms with Crippen LogP contribution in [0.2, 0.25) is 0 Å². The lowest BCUT2D eigenvalue weighted by molar-refractivity contribution is -0.137. The lowest BCUT2D eigenvalue weighted by Crippen LogP contribution is -2.26. The van der Waals surface area contributed by atoms with Gasteiger partial charge in [0.15, 0.2) is 0 Å². The normalized spacial score (nSPS) is 25.6. The zero-order valence-corrected chi connectivity index (χ0v) is 14.5. The van der Waals surface area contributed by atoms with Crippen molar-refractivity contribution in [3.05, 3.63) is 0 Å². The quantitative estimate of drug-likeness (QED) is 0.451. The number of carboxylic acid groups (broad SMARTS) is 1. The second kappa shape index (κ2) is 11.8. The van der Waals surface area contributed by atoms with Gasteiger partial charge in [-0.15, -0.1) is 0 Å². The van der Waals surface area contributed by atoms with E-state index in [1.165, 1.54) is 0 Å². The maximum atomic E-state index is 10.4. The first kappa shape index (κ1) is 20.4. The van der Waals surface area contributed by atoms with E-state index >= 15 is 0 Å². The molecule has 0 aliphatic carbocycles. The molecule has 5 heteroatoms. The zero-order chi connectivity index (χ0) is 17.1. The molecule has 0 aromatic carbocycles. The Balaban J connectivity index is 2.09. The molecule has 5 nitrogen and oxygen atoms in total. The van der Waals surface area contributed by atoms with Crippen molar-refractivity contribution in [2.75, 3.05) is 0 Å². The van der Waals surface area contributed by atoms with Crippen molar-refractivity contribution in [3.8, 4) is 0 Å². The van der Waals surface area contributed by atoms with Gasteiger partial charge in [-0.1, -0.05) is 51.9 Å². The van der Waals surface area contributed by atoms with E-state index < -0.39 is 18.2 Å². The third-order valence-corrected chi connectivity index (χ3v) is 4.66. The summed E-state index contributed by atoms with van der Waals surface area (Å²) in [5, 5.41) is 28.8. The summed E-state index contributed by atoms with van der Waals surface area (Å²) in [6.45, 7) is 2.14. The summed E-state index contributed by atoms with van der Waals surface area (Å²) in [7, 11) is 0. The minimum Gasteiger partial charge on any atom is -0.481 e. The molecule has 136 valence electrons. The van der Waals surface area contributed by atoms with Crippen LogP contribution in [0.25, 0.3) is 0 Å². The summed E-state index contributed by atoms with van der Waals surface area (Å²) >= 11 is 0. The number of aliphatic carboxylic acids is 1. The van der Waals surface area contributed by atoms with Crippen LogP contribution in [-0.4, -0.2) is 45.7 Å². The van der Waals surface area contributed by atoms with Gasteiger partial charge in [0.05, 0.1) is 24.4 Å². The molecule has 1 aliphatic heterocycles. The van der Waals surface area contributed by atoms with Crippen molar-refractivity contribution in [3.63, 3.8) is 0 Å². The number of aliphatic hydroxyl groups excluding tert-OH is 2. The number of unbranched alkanes of at least 4 members (excludes halogenated alkanes) is 6. The van der Waals surface area contributed by atoms with E-state index in [1.807, 2.05) is 0 Å². The molecule has 0 amide bonds. The summed E-state index contributed by atoms with van der Waals surface area (Å²) in [6.07, 6.45) is 9.05. The molecule has 0 spiro atoms. The molecule has 1 saturated heterocycles. The molecule has 0 aromatic heterocycles. The Morgan fingerprint density at radius 2 is 1.83 bits per heavy atom. The van der Waals surface area contributed by atoms with Gasteiger partial charge in [-0.25, -0.2) is 0 Å². The molecule has 1 fully saturated rings. The van der Waals surface area contributed by atoms with E-state index in [-0.39, 0.29) is 18.6 Å². The summed E-state index contributed by atoms with van der Waals surface area (Å²) in [5.41, 5.74) is 0. The number of aliphatic hydroxyl groups is 2. The van der Waals surface area contributed by atoms with Crippen LogP contribution in [0.4, 0.5) is 0 Å². The van der Waals surface area contributed by atoms with Crippen LogP contribution in [0.3, 0.4) is 0 Å². The number of hydrogen-bond donors (Lipinski definition) is 3. The topological polar surface area (TPSA) is 87.0 Å². The lowest BCUT2D eigenvalue weighted by Gasteiger charge is -2.19. The molecule has 3 N–H and O–H groups in total. The highest BCUT2D eigenvalue weighted by atomic mass is 16.5. The van der Waals surface area contributed by atoms with Crippen LogP contribution >= 0.6 is 0 Å². The van der Waals surface area contributed by atoms with E-state index in [4.69, 9.17) is 9.84 Å². The van der Waals surface area contributed by atoms with Crippen LogP contribution < -0.4 is 0 Å². The molecular formula is C18H34O5. The van der Waals surface area contributed by atoms with Gasteiger partial charge in [0.1, 0.15) is 0 Å². The van der Waals surface area contributed by atoms with E-state index in [0.717, 1.165) is 64.2 Å². The molecule has 0 saturated carbocycles. The second-order valence-corrected chi connectivity index (χ2v) is 6.78. The van der Waals surface area contributed by atoms with Crippen molar-refractivity contribution in [1.82, 2.24) is 0 Å². The van der Waals surface area contributed by atoms with Crippen molar-refractivity contribution in [2.45, 2.75) is 108 Å².